The molecule has 92 valence electrons. The zero-order valence-corrected chi connectivity index (χ0v) is 10.9. The lowest BCUT2D eigenvalue weighted by molar-refractivity contribution is 0.112. The second-order valence-electron chi connectivity index (χ2n) is 4.33. The van der Waals surface area contributed by atoms with Gasteiger partial charge in [-0.15, -0.1) is 0 Å². The van der Waals surface area contributed by atoms with E-state index in [0.29, 0.717) is 5.56 Å². The molecule has 0 unspecified atom stereocenters. The Balaban J connectivity index is 2.55. The molecule has 0 amide bonds. The van der Waals surface area contributed by atoms with Crippen LogP contribution in [0, 0.1) is 13.8 Å². The molecule has 0 spiro atoms. The van der Waals surface area contributed by atoms with Crippen LogP contribution in [0.5, 0.6) is 5.75 Å². The molecule has 0 saturated carbocycles. The van der Waals surface area contributed by atoms with E-state index in [4.69, 9.17) is 4.74 Å². The van der Waals surface area contributed by atoms with Crippen molar-refractivity contribution in [3.8, 4) is 16.9 Å². The largest absolute Gasteiger partial charge is 0.496 e. The number of carbonyl (C=O) groups is 1. The van der Waals surface area contributed by atoms with E-state index < -0.39 is 0 Å². The van der Waals surface area contributed by atoms with Gasteiger partial charge in [-0.1, -0.05) is 36.4 Å². The van der Waals surface area contributed by atoms with Crippen molar-refractivity contribution in [1.82, 2.24) is 0 Å². The molecule has 2 aromatic rings. The van der Waals surface area contributed by atoms with Crippen LogP contribution in [0.2, 0.25) is 0 Å². The van der Waals surface area contributed by atoms with Crippen LogP contribution in [-0.2, 0) is 0 Å². The molecule has 0 saturated heterocycles. The molecule has 2 heteroatoms. The fourth-order valence-corrected chi connectivity index (χ4v) is 2.02. The highest BCUT2D eigenvalue weighted by Gasteiger charge is 2.10. The highest BCUT2D eigenvalue weighted by atomic mass is 16.5. The van der Waals surface area contributed by atoms with Gasteiger partial charge in [-0.25, -0.2) is 0 Å². The molecule has 2 rings (SSSR count). The monoisotopic (exact) mass is 240 g/mol. The van der Waals surface area contributed by atoms with Crippen molar-refractivity contribution in [1.29, 1.82) is 0 Å². The first-order valence-electron chi connectivity index (χ1n) is 5.87. The summed E-state index contributed by atoms with van der Waals surface area (Å²) in [4.78, 5) is 10.7. The van der Waals surface area contributed by atoms with Crippen LogP contribution < -0.4 is 4.74 Å². The molecule has 0 aliphatic carbocycles. The van der Waals surface area contributed by atoms with Gasteiger partial charge >= 0.3 is 0 Å². The standard InChI is InChI=1S/C16H16O2/c1-11-4-9-15(16(18-3)12(11)2)14-7-5-13(10-17)6-8-14/h4-10H,1-3H3. The Morgan fingerprint density at radius 2 is 1.67 bits per heavy atom. The molecule has 0 atom stereocenters. The smallest absolute Gasteiger partial charge is 0.150 e. The quantitative estimate of drug-likeness (QED) is 0.763. The summed E-state index contributed by atoms with van der Waals surface area (Å²) < 4.78 is 5.50. The van der Waals surface area contributed by atoms with E-state index in [9.17, 15) is 4.79 Å². The van der Waals surface area contributed by atoms with Gasteiger partial charge in [0.25, 0.3) is 0 Å². The van der Waals surface area contributed by atoms with Crippen molar-refractivity contribution < 1.29 is 9.53 Å². The third kappa shape index (κ3) is 2.14. The average molecular weight is 240 g/mol. The molecule has 0 radical (unpaired) electrons. The topological polar surface area (TPSA) is 26.3 Å². The number of ether oxygens (including phenoxy) is 1. The van der Waals surface area contributed by atoms with Gasteiger partial charge in [-0.2, -0.15) is 0 Å². The van der Waals surface area contributed by atoms with Crippen LogP contribution in [0.25, 0.3) is 11.1 Å². The fraction of sp³-hybridized carbons (Fsp3) is 0.188. The van der Waals surface area contributed by atoms with Gasteiger partial charge in [0.05, 0.1) is 7.11 Å². The molecular formula is C16H16O2. The Morgan fingerprint density at radius 3 is 2.22 bits per heavy atom. The van der Waals surface area contributed by atoms with Crippen molar-refractivity contribution >= 4 is 6.29 Å². The fourth-order valence-electron chi connectivity index (χ4n) is 2.02. The zero-order valence-electron chi connectivity index (χ0n) is 10.9. The lowest BCUT2D eigenvalue weighted by atomic mass is 9.98. The van der Waals surface area contributed by atoms with Crippen LogP contribution in [0.3, 0.4) is 0 Å². The molecule has 18 heavy (non-hydrogen) atoms. The van der Waals surface area contributed by atoms with E-state index in [-0.39, 0.29) is 0 Å². The van der Waals surface area contributed by atoms with Gasteiger partial charge in [-0.05, 0) is 30.5 Å². The number of aryl methyl sites for hydroxylation is 1. The molecule has 0 bridgehead atoms. The second kappa shape index (κ2) is 5.05. The minimum Gasteiger partial charge on any atom is -0.496 e. The molecule has 2 nitrogen and oxygen atoms in total. The van der Waals surface area contributed by atoms with Crippen LogP contribution in [0.4, 0.5) is 0 Å². The van der Waals surface area contributed by atoms with E-state index >= 15 is 0 Å². The summed E-state index contributed by atoms with van der Waals surface area (Å²) >= 11 is 0. The van der Waals surface area contributed by atoms with E-state index in [1.165, 1.54) is 5.56 Å². The minimum absolute atomic E-state index is 0.682. The van der Waals surface area contributed by atoms with Gasteiger partial charge < -0.3 is 4.74 Å². The number of carbonyl (C=O) groups excluding carboxylic acids is 1. The van der Waals surface area contributed by atoms with Crippen LogP contribution in [0.1, 0.15) is 21.5 Å². The van der Waals surface area contributed by atoms with E-state index in [1.54, 1.807) is 7.11 Å². The van der Waals surface area contributed by atoms with Crippen molar-refractivity contribution in [2.45, 2.75) is 13.8 Å². The Morgan fingerprint density at radius 1 is 1.00 bits per heavy atom. The number of benzene rings is 2. The van der Waals surface area contributed by atoms with Gasteiger partial charge in [0.2, 0.25) is 0 Å². The molecular weight excluding hydrogens is 224 g/mol. The summed E-state index contributed by atoms with van der Waals surface area (Å²) in [5.41, 5.74) is 5.15. The molecule has 2 aromatic carbocycles. The molecule has 0 heterocycles. The summed E-state index contributed by atoms with van der Waals surface area (Å²) in [5, 5.41) is 0. The molecule has 0 N–H and O–H groups in total. The first-order valence-corrected chi connectivity index (χ1v) is 5.87. The second-order valence-corrected chi connectivity index (χ2v) is 4.33. The Kier molecular flexibility index (Phi) is 3.47. The molecule has 0 aromatic heterocycles. The maximum absolute atomic E-state index is 10.7. The third-order valence-corrected chi connectivity index (χ3v) is 3.24. The number of hydrogen-bond donors (Lipinski definition) is 0. The summed E-state index contributed by atoms with van der Waals surface area (Å²) in [5.74, 6) is 0.897. The molecule has 0 aliphatic rings. The maximum Gasteiger partial charge on any atom is 0.150 e. The highest BCUT2D eigenvalue weighted by Crippen LogP contribution is 2.34. The Hall–Kier alpha value is -2.09. The normalized spacial score (nSPS) is 10.2. The predicted molar refractivity (Wildman–Crippen MR) is 73.3 cm³/mol. The number of aldehydes is 1. The minimum atomic E-state index is 0.682. The Labute approximate surface area is 107 Å². The lowest BCUT2D eigenvalue weighted by Gasteiger charge is -2.13. The first kappa shape index (κ1) is 12.4. The summed E-state index contributed by atoms with van der Waals surface area (Å²) in [7, 11) is 1.69. The van der Waals surface area contributed by atoms with Gasteiger partial charge in [-0.3, -0.25) is 4.79 Å². The number of rotatable bonds is 3. The summed E-state index contributed by atoms with van der Waals surface area (Å²) in [6, 6.07) is 11.7. The van der Waals surface area contributed by atoms with Crippen LogP contribution in [-0.4, -0.2) is 13.4 Å². The zero-order chi connectivity index (χ0) is 13.1. The third-order valence-electron chi connectivity index (χ3n) is 3.24. The van der Waals surface area contributed by atoms with E-state index in [2.05, 4.69) is 26.0 Å². The molecule has 0 aliphatic heterocycles. The van der Waals surface area contributed by atoms with Crippen molar-refractivity contribution in [2.75, 3.05) is 7.11 Å². The average Bonchev–Trinajstić information content (AvgIpc) is 2.42. The van der Waals surface area contributed by atoms with Crippen LogP contribution in [0.15, 0.2) is 36.4 Å². The van der Waals surface area contributed by atoms with Crippen molar-refractivity contribution in [3.63, 3.8) is 0 Å². The first-order chi connectivity index (χ1) is 8.67. The predicted octanol–water partition coefficient (Wildman–Crippen LogP) is 3.79. The van der Waals surface area contributed by atoms with Crippen molar-refractivity contribution in [3.05, 3.63) is 53.1 Å². The number of methoxy groups -OCH3 is 1. The van der Waals surface area contributed by atoms with Gasteiger partial charge in [0, 0.05) is 11.1 Å². The molecule has 0 fully saturated rings. The van der Waals surface area contributed by atoms with E-state index in [1.807, 2.05) is 24.3 Å². The van der Waals surface area contributed by atoms with Gasteiger partial charge in [0.1, 0.15) is 12.0 Å². The van der Waals surface area contributed by atoms with E-state index in [0.717, 1.165) is 28.7 Å². The van der Waals surface area contributed by atoms with Crippen molar-refractivity contribution in [2.24, 2.45) is 0 Å². The summed E-state index contributed by atoms with van der Waals surface area (Å²) in [6.07, 6.45) is 0.849. The SMILES string of the molecule is COc1c(-c2ccc(C=O)cc2)ccc(C)c1C. The maximum atomic E-state index is 10.7. The Bertz CT molecular complexity index is 568. The highest BCUT2D eigenvalue weighted by molar-refractivity contribution is 5.79. The summed E-state index contributed by atoms with van der Waals surface area (Å²) in [6.45, 7) is 4.12. The van der Waals surface area contributed by atoms with Gasteiger partial charge in [0.15, 0.2) is 0 Å². The van der Waals surface area contributed by atoms with Crippen LogP contribution >= 0.6 is 0 Å². The lowest BCUT2D eigenvalue weighted by Crippen LogP contribution is -1.94. The number of hydrogen-bond acceptors (Lipinski definition) is 2.